The van der Waals surface area contributed by atoms with Gasteiger partial charge in [-0.15, -0.1) is 5.10 Å². The summed E-state index contributed by atoms with van der Waals surface area (Å²) in [5.74, 6) is -0.990. The number of hydrogen-bond acceptors (Lipinski definition) is 3. The molecule has 0 atom stereocenters. The van der Waals surface area contributed by atoms with Gasteiger partial charge in [-0.3, -0.25) is 5.10 Å². The third-order valence-corrected chi connectivity index (χ3v) is 1.17. The molecule has 0 aliphatic heterocycles. The molecule has 0 fully saturated rings. The predicted octanol–water partition coefficient (Wildman–Crippen LogP) is 0.325. The van der Waals surface area contributed by atoms with Crippen LogP contribution in [0.5, 0.6) is 0 Å². The Morgan fingerprint density at radius 1 is 1.42 bits per heavy atom. The summed E-state index contributed by atoms with van der Waals surface area (Å²) in [6.45, 7) is 0.243. The lowest BCUT2D eigenvalue weighted by Gasteiger charge is -1.97. The average molecular weight is 180 g/mol. The lowest BCUT2D eigenvalue weighted by atomic mass is 10.4. The molecule has 0 aromatic carbocycles. The molecule has 0 amide bonds. The summed E-state index contributed by atoms with van der Waals surface area (Å²) in [7, 11) is 0. The molecule has 0 saturated heterocycles. The first-order valence-corrected chi connectivity index (χ1v) is 3.22. The van der Waals surface area contributed by atoms with Gasteiger partial charge in [-0.1, -0.05) is 0 Å². The van der Waals surface area contributed by atoms with Crippen molar-refractivity contribution in [3.63, 3.8) is 0 Å². The lowest BCUT2D eigenvalue weighted by Crippen LogP contribution is -2.08. The molecule has 0 aliphatic carbocycles. The SMILES string of the molecule is NCCc1nc(C(F)(F)F)n[nH]1. The van der Waals surface area contributed by atoms with E-state index in [0.29, 0.717) is 0 Å². The molecule has 12 heavy (non-hydrogen) atoms. The third-order valence-electron chi connectivity index (χ3n) is 1.17. The van der Waals surface area contributed by atoms with Gasteiger partial charge in [0.15, 0.2) is 0 Å². The van der Waals surface area contributed by atoms with E-state index in [0.717, 1.165) is 0 Å². The molecule has 0 spiro atoms. The van der Waals surface area contributed by atoms with Gasteiger partial charge in [-0.05, 0) is 6.54 Å². The maximum Gasteiger partial charge on any atom is 0.453 e. The van der Waals surface area contributed by atoms with Gasteiger partial charge in [-0.2, -0.15) is 13.2 Å². The number of rotatable bonds is 2. The zero-order valence-corrected chi connectivity index (χ0v) is 6.02. The van der Waals surface area contributed by atoms with E-state index in [9.17, 15) is 13.2 Å². The highest BCUT2D eigenvalue weighted by atomic mass is 19.4. The molecular formula is C5H7F3N4. The van der Waals surface area contributed by atoms with E-state index in [2.05, 4.69) is 15.2 Å². The Hall–Kier alpha value is -1.11. The van der Waals surface area contributed by atoms with Crippen molar-refractivity contribution in [3.8, 4) is 0 Å². The summed E-state index contributed by atoms with van der Waals surface area (Å²) >= 11 is 0. The topological polar surface area (TPSA) is 67.6 Å². The van der Waals surface area contributed by atoms with Crippen LogP contribution in [0, 0.1) is 0 Å². The normalized spacial score (nSPS) is 12.0. The maximum absolute atomic E-state index is 11.9. The molecule has 1 heterocycles. The van der Waals surface area contributed by atoms with Crippen molar-refractivity contribution in [3.05, 3.63) is 11.6 Å². The van der Waals surface area contributed by atoms with Crippen LogP contribution in [0.4, 0.5) is 13.2 Å². The van der Waals surface area contributed by atoms with E-state index >= 15 is 0 Å². The van der Waals surface area contributed by atoms with Crippen LogP contribution in [0.25, 0.3) is 0 Å². The van der Waals surface area contributed by atoms with Gasteiger partial charge in [0.2, 0.25) is 0 Å². The minimum absolute atomic E-state index is 0.157. The zero-order valence-electron chi connectivity index (χ0n) is 6.02. The minimum atomic E-state index is -4.48. The van der Waals surface area contributed by atoms with Gasteiger partial charge in [0.05, 0.1) is 0 Å². The molecule has 0 unspecified atom stereocenters. The zero-order chi connectivity index (χ0) is 9.19. The number of nitrogens with zero attached hydrogens (tertiary/aromatic N) is 2. The molecule has 0 aliphatic rings. The van der Waals surface area contributed by atoms with E-state index in [1.165, 1.54) is 0 Å². The molecule has 68 valence electrons. The molecule has 3 N–H and O–H groups in total. The van der Waals surface area contributed by atoms with Crippen LogP contribution in [0.3, 0.4) is 0 Å². The Morgan fingerprint density at radius 3 is 2.50 bits per heavy atom. The summed E-state index contributed by atoms with van der Waals surface area (Å²) in [6, 6.07) is 0. The smallest absolute Gasteiger partial charge is 0.330 e. The predicted molar refractivity (Wildman–Crippen MR) is 34.1 cm³/mol. The number of aromatic nitrogens is 3. The molecule has 4 nitrogen and oxygen atoms in total. The van der Waals surface area contributed by atoms with Gasteiger partial charge in [0.25, 0.3) is 5.82 Å². The highest BCUT2D eigenvalue weighted by molar-refractivity contribution is 4.94. The fourth-order valence-electron chi connectivity index (χ4n) is 0.671. The Kier molecular flexibility index (Phi) is 2.32. The number of hydrogen-bond donors (Lipinski definition) is 2. The average Bonchev–Trinajstić information content (AvgIpc) is 2.35. The number of nitrogens with one attached hydrogen (secondary N) is 1. The number of aromatic amines is 1. The van der Waals surface area contributed by atoms with Crippen LogP contribution in [-0.4, -0.2) is 21.7 Å². The summed E-state index contributed by atoms with van der Waals surface area (Å²) in [6.07, 6.45) is -4.22. The van der Waals surface area contributed by atoms with Crippen LogP contribution >= 0.6 is 0 Å². The van der Waals surface area contributed by atoms with E-state index in [-0.39, 0.29) is 18.8 Å². The Morgan fingerprint density at radius 2 is 2.08 bits per heavy atom. The van der Waals surface area contributed by atoms with Crippen LogP contribution in [0.2, 0.25) is 0 Å². The Labute approximate surface area is 66.0 Å². The van der Waals surface area contributed by atoms with E-state index < -0.39 is 12.0 Å². The fraction of sp³-hybridized carbons (Fsp3) is 0.600. The van der Waals surface area contributed by atoms with E-state index in [4.69, 9.17) is 5.73 Å². The van der Waals surface area contributed by atoms with Crippen LogP contribution in [0.1, 0.15) is 11.6 Å². The maximum atomic E-state index is 11.9. The quantitative estimate of drug-likeness (QED) is 0.688. The molecule has 1 rings (SSSR count). The van der Waals surface area contributed by atoms with Gasteiger partial charge in [0, 0.05) is 6.42 Å². The number of alkyl halides is 3. The minimum Gasteiger partial charge on any atom is -0.330 e. The fourth-order valence-corrected chi connectivity index (χ4v) is 0.671. The Balaban J connectivity index is 2.77. The van der Waals surface area contributed by atoms with Crippen molar-refractivity contribution in [2.24, 2.45) is 5.73 Å². The van der Waals surface area contributed by atoms with E-state index in [1.807, 2.05) is 0 Å². The standard InChI is InChI=1S/C5H7F3N4/c6-5(7,8)4-10-3(1-2-9)11-12-4/h1-2,9H2,(H,10,11,12). The van der Waals surface area contributed by atoms with Gasteiger partial charge >= 0.3 is 6.18 Å². The molecular weight excluding hydrogens is 173 g/mol. The van der Waals surface area contributed by atoms with Gasteiger partial charge < -0.3 is 5.73 Å². The van der Waals surface area contributed by atoms with Crippen LogP contribution in [0.15, 0.2) is 0 Å². The first-order valence-electron chi connectivity index (χ1n) is 3.22. The van der Waals surface area contributed by atoms with Gasteiger partial charge in [0.1, 0.15) is 5.82 Å². The second kappa shape index (κ2) is 3.10. The highest BCUT2D eigenvalue weighted by Gasteiger charge is 2.35. The van der Waals surface area contributed by atoms with Gasteiger partial charge in [-0.25, -0.2) is 4.98 Å². The van der Waals surface area contributed by atoms with Crippen molar-refractivity contribution < 1.29 is 13.2 Å². The number of nitrogens with two attached hydrogens (primary N) is 1. The lowest BCUT2D eigenvalue weighted by molar-refractivity contribution is -0.144. The summed E-state index contributed by atoms with van der Waals surface area (Å²) < 4.78 is 35.6. The molecule has 0 radical (unpaired) electrons. The summed E-state index contributed by atoms with van der Waals surface area (Å²) in [5.41, 5.74) is 5.11. The highest BCUT2D eigenvalue weighted by Crippen LogP contribution is 2.25. The van der Waals surface area contributed by atoms with Crippen LogP contribution < -0.4 is 5.73 Å². The van der Waals surface area contributed by atoms with Crippen molar-refractivity contribution in [1.82, 2.24) is 15.2 Å². The molecule has 7 heteroatoms. The summed E-state index contributed by atoms with van der Waals surface area (Å²) in [4.78, 5) is 3.20. The number of halogens is 3. The molecule has 1 aromatic heterocycles. The first-order chi connectivity index (χ1) is 5.54. The van der Waals surface area contributed by atoms with Crippen molar-refractivity contribution in [1.29, 1.82) is 0 Å². The van der Waals surface area contributed by atoms with Crippen molar-refractivity contribution >= 4 is 0 Å². The third kappa shape index (κ3) is 1.94. The largest absolute Gasteiger partial charge is 0.453 e. The molecule has 1 aromatic rings. The van der Waals surface area contributed by atoms with Crippen LogP contribution in [-0.2, 0) is 12.6 Å². The second-order valence-electron chi connectivity index (χ2n) is 2.14. The monoisotopic (exact) mass is 180 g/mol. The first kappa shape index (κ1) is 8.98. The molecule has 0 saturated carbocycles. The summed E-state index contributed by atoms with van der Waals surface area (Å²) in [5, 5.41) is 5.14. The van der Waals surface area contributed by atoms with E-state index in [1.54, 1.807) is 0 Å². The molecule has 0 bridgehead atoms. The van der Waals surface area contributed by atoms with Crippen molar-refractivity contribution in [2.45, 2.75) is 12.6 Å². The second-order valence-corrected chi connectivity index (χ2v) is 2.14. The van der Waals surface area contributed by atoms with Crippen molar-refractivity contribution in [2.75, 3.05) is 6.54 Å². The Bertz CT molecular complexity index is 253. The number of H-pyrrole nitrogens is 1.